The summed E-state index contributed by atoms with van der Waals surface area (Å²) in [5.74, 6) is 0.865. The Bertz CT molecular complexity index is 248. The lowest BCUT2D eigenvalue weighted by Crippen LogP contribution is -2.54. The number of piperidine rings is 1. The minimum atomic E-state index is -0.756. The molecule has 4 atom stereocenters. The molecule has 1 saturated carbocycles. The molecule has 2 aliphatic heterocycles. The minimum absolute atomic E-state index is 0.152. The largest absolute Gasteiger partial charge is 0.378 e. The first-order valence-electron chi connectivity index (χ1n) is 6.84. The number of rotatable bonds is 1. The summed E-state index contributed by atoms with van der Waals surface area (Å²) in [7, 11) is 0. The molecule has 2 saturated heterocycles. The van der Waals surface area contributed by atoms with Crippen LogP contribution < -0.4 is 0 Å². The molecule has 0 bridgehead atoms. The predicted octanol–water partition coefficient (Wildman–Crippen LogP) is 2.38. The standard InChI is InChI=1S/C13H22FNO/c14-11-9-16-8-6-13(11)15-7-2-4-10-3-1-5-12(10)15/h10-13H,1-9H2/t10-,11?,12+,13?/m0/s1. The SMILES string of the molecule is FC1COCCC1N1CCC[C@@H]2CCC[C@H]21. The Hall–Kier alpha value is -0.150. The lowest BCUT2D eigenvalue weighted by atomic mass is 9.89. The van der Waals surface area contributed by atoms with Crippen molar-refractivity contribution in [2.75, 3.05) is 19.8 Å². The molecule has 0 N–H and O–H groups in total. The number of hydrogen-bond donors (Lipinski definition) is 0. The first-order chi connectivity index (χ1) is 7.86. The lowest BCUT2D eigenvalue weighted by molar-refractivity contribution is -0.0551. The van der Waals surface area contributed by atoms with Crippen molar-refractivity contribution in [3.8, 4) is 0 Å². The van der Waals surface area contributed by atoms with Gasteiger partial charge in [0.25, 0.3) is 0 Å². The molecule has 3 rings (SSSR count). The maximum atomic E-state index is 13.9. The van der Waals surface area contributed by atoms with Crippen molar-refractivity contribution < 1.29 is 9.13 Å². The molecule has 2 nitrogen and oxygen atoms in total. The third kappa shape index (κ3) is 1.88. The summed E-state index contributed by atoms with van der Waals surface area (Å²) in [4.78, 5) is 2.49. The number of alkyl halides is 1. The van der Waals surface area contributed by atoms with Gasteiger partial charge in [-0.1, -0.05) is 6.42 Å². The van der Waals surface area contributed by atoms with Crippen molar-refractivity contribution in [3.05, 3.63) is 0 Å². The lowest BCUT2D eigenvalue weighted by Gasteiger charge is -2.45. The van der Waals surface area contributed by atoms with Crippen LogP contribution in [-0.4, -0.2) is 42.9 Å². The molecule has 0 amide bonds. The molecule has 2 heterocycles. The summed E-state index contributed by atoms with van der Waals surface area (Å²) in [6.45, 7) is 2.18. The summed E-state index contributed by atoms with van der Waals surface area (Å²) in [6, 6.07) is 0.842. The molecule has 0 aromatic carbocycles. The van der Waals surface area contributed by atoms with Gasteiger partial charge in [-0.2, -0.15) is 0 Å². The molecule has 16 heavy (non-hydrogen) atoms. The van der Waals surface area contributed by atoms with Gasteiger partial charge >= 0.3 is 0 Å². The van der Waals surface area contributed by atoms with Gasteiger partial charge < -0.3 is 4.74 Å². The molecular formula is C13H22FNO. The second-order valence-electron chi connectivity index (χ2n) is 5.59. The highest BCUT2D eigenvalue weighted by Crippen LogP contribution is 2.39. The highest BCUT2D eigenvalue weighted by Gasteiger charge is 2.41. The first kappa shape index (κ1) is 11.0. The fraction of sp³-hybridized carbons (Fsp3) is 1.00. The summed E-state index contributed by atoms with van der Waals surface area (Å²) >= 11 is 0. The van der Waals surface area contributed by atoms with Gasteiger partial charge in [-0.05, 0) is 44.6 Å². The van der Waals surface area contributed by atoms with E-state index in [1.807, 2.05) is 0 Å². The fourth-order valence-electron chi connectivity index (χ4n) is 3.97. The monoisotopic (exact) mass is 227 g/mol. The van der Waals surface area contributed by atoms with Gasteiger partial charge in [-0.25, -0.2) is 4.39 Å². The fourth-order valence-corrected chi connectivity index (χ4v) is 3.97. The van der Waals surface area contributed by atoms with E-state index in [1.54, 1.807) is 0 Å². The van der Waals surface area contributed by atoms with Crippen LogP contribution in [0.5, 0.6) is 0 Å². The van der Waals surface area contributed by atoms with Gasteiger partial charge in [-0.15, -0.1) is 0 Å². The topological polar surface area (TPSA) is 12.5 Å². The highest BCUT2D eigenvalue weighted by atomic mass is 19.1. The van der Waals surface area contributed by atoms with E-state index in [-0.39, 0.29) is 6.04 Å². The Morgan fingerprint density at radius 2 is 1.88 bits per heavy atom. The molecule has 3 heteroatoms. The molecule has 1 aliphatic carbocycles. The van der Waals surface area contributed by atoms with E-state index in [4.69, 9.17) is 4.74 Å². The van der Waals surface area contributed by atoms with Gasteiger partial charge in [0.15, 0.2) is 0 Å². The van der Waals surface area contributed by atoms with Gasteiger partial charge in [0.05, 0.1) is 6.61 Å². The van der Waals surface area contributed by atoms with Crippen LogP contribution in [0.2, 0.25) is 0 Å². The highest BCUT2D eigenvalue weighted by molar-refractivity contribution is 4.94. The molecule has 3 fully saturated rings. The number of likely N-dealkylation sites (tertiary alicyclic amines) is 1. The number of fused-ring (bicyclic) bond motifs is 1. The number of nitrogens with zero attached hydrogens (tertiary/aromatic N) is 1. The van der Waals surface area contributed by atoms with Crippen LogP contribution >= 0.6 is 0 Å². The third-order valence-electron chi connectivity index (χ3n) is 4.71. The van der Waals surface area contributed by atoms with Crippen molar-refractivity contribution in [1.82, 2.24) is 4.90 Å². The third-order valence-corrected chi connectivity index (χ3v) is 4.71. The van der Waals surface area contributed by atoms with Gasteiger partial charge in [-0.3, -0.25) is 4.90 Å². The van der Waals surface area contributed by atoms with E-state index >= 15 is 0 Å². The van der Waals surface area contributed by atoms with E-state index in [9.17, 15) is 4.39 Å². The van der Waals surface area contributed by atoms with Gasteiger partial charge in [0.1, 0.15) is 6.17 Å². The number of hydrogen-bond acceptors (Lipinski definition) is 2. The Balaban J connectivity index is 1.71. The van der Waals surface area contributed by atoms with Gasteiger partial charge in [0, 0.05) is 18.7 Å². The van der Waals surface area contributed by atoms with E-state index < -0.39 is 6.17 Å². The molecule has 2 unspecified atom stereocenters. The van der Waals surface area contributed by atoms with Crippen molar-refractivity contribution in [3.63, 3.8) is 0 Å². The number of ether oxygens (including phenoxy) is 1. The summed E-state index contributed by atoms with van der Waals surface area (Å²) in [5.41, 5.74) is 0. The van der Waals surface area contributed by atoms with Crippen molar-refractivity contribution in [2.24, 2.45) is 5.92 Å². The second kappa shape index (κ2) is 4.61. The molecule has 92 valence electrons. The molecular weight excluding hydrogens is 205 g/mol. The molecule has 0 aromatic rings. The zero-order valence-corrected chi connectivity index (χ0v) is 9.91. The van der Waals surface area contributed by atoms with Crippen LogP contribution in [0.3, 0.4) is 0 Å². The van der Waals surface area contributed by atoms with Crippen LogP contribution in [0, 0.1) is 5.92 Å². The quantitative estimate of drug-likeness (QED) is 0.682. The maximum absolute atomic E-state index is 13.9. The van der Waals surface area contributed by atoms with Crippen molar-refractivity contribution in [1.29, 1.82) is 0 Å². The van der Waals surface area contributed by atoms with Crippen LogP contribution in [-0.2, 0) is 4.74 Å². The van der Waals surface area contributed by atoms with E-state index in [1.165, 1.54) is 32.1 Å². The predicted molar refractivity (Wildman–Crippen MR) is 61.2 cm³/mol. The smallest absolute Gasteiger partial charge is 0.139 e. The van der Waals surface area contributed by atoms with E-state index in [2.05, 4.69) is 4.90 Å². The zero-order chi connectivity index (χ0) is 11.0. The Morgan fingerprint density at radius 1 is 1.00 bits per heavy atom. The average Bonchev–Trinajstić information content (AvgIpc) is 2.77. The zero-order valence-electron chi connectivity index (χ0n) is 9.91. The number of halogens is 1. The summed E-state index contributed by atoms with van der Waals surface area (Å²) in [5, 5.41) is 0. The van der Waals surface area contributed by atoms with Crippen LogP contribution in [0.4, 0.5) is 4.39 Å². The van der Waals surface area contributed by atoms with Crippen LogP contribution in [0.25, 0.3) is 0 Å². The molecule has 3 aliphatic rings. The minimum Gasteiger partial charge on any atom is -0.378 e. The molecule has 0 radical (unpaired) electrons. The van der Waals surface area contributed by atoms with E-state index in [0.29, 0.717) is 12.6 Å². The summed E-state index contributed by atoms with van der Waals surface area (Å²) in [6.07, 6.45) is 6.81. The molecule has 0 aromatic heterocycles. The first-order valence-corrected chi connectivity index (χ1v) is 6.84. The normalized spacial score (nSPS) is 45.6. The maximum Gasteiger partial charge on any atom is 0.139 e. The molecule has 0 spiro atoms. The van der Waals surface area contributed by atoms with Crippen molar-refractivity contribution >= 4 is 0 Å². The Morgan fingerprint density at radius 3 is 2.75 bits per heavy atom. The summed E-state index contributed by atoms with van der Waals surface area (Å²) < 4.78 is 19.1. The van der Waals surface area contributed by atoms with Gasteiger partial charge in [0.2, 0.25) is 0 Å². The average molecular weight is 227 g/mol. The van der Waals surface area contributed by atoms with E-state index in [0.717, 1.165) is 25.5 Å². The Kier molecular flexibility index (Phi) is 3.16. The Labute approximate surface area is 97.1 Å². The second-order valence-corrected chi connectivity index (χ2v) is 5.59. The van der Waals surface area contributed by atoms with Crippen molar-refractivity contribution in [2.45, 2.75) is 56.8 Å². The van der Waals surface area contributed by atoms with Crippen LogP contribution in [0.15, 0.2) is 0 Å². The van der Waals surface area contributed by atoms with Crippen LogP contribution in [0.1, 0.15) is 38.5 Å².